The summed E-state index contributed by atoms with van der Waals surface area (Å²) in [5, 5.41) is -0.234. The Bertz CT molecular complexity index is 982. The second-order valence-corrected chi connectivity index (χ2v) is 9.75. The number of methoxy groups -OCH3 is 1. The third kappa shape index (κ3) is 5.05. The van der Waals surface area contributed by atoms with Crippen molar-refractivity contribution in [1.82, 2.24) is 4.90 Å². The minimum Gasteiger partial charge on any atom is -0.497 e. The fourth-order valence-corrected chi connectivity index (χ4v) is 5.47. The molecule has 2 aromatic carbocycles. The highest BCUT2D eigenvalue weighted by atomic mass is 35.5. The molecule has 0 radical (unpaired) electrons. The SMILES string of the molecule is COc1ccc(OCCCN(C)C(C)C)c(C2N(C(C)=O)c3ccc(Cl)cc3S2=O)c1. The Hall–Kier alpha value is -2.09. The Kier molecular flexibility index (Phi) is 7.62. The molecular formula is C23H29ClN2O4S. The molecule has 0 spiro atoms. The van der Waals surface area contributed by atoms with Crippen LogP contribution in [0.25, 0.3) is 0 Å². The van der Waals surface area contributed by atoms with Crippen molar-refractivity contribution in [3.8, 4) is 11.5 Å². The van der Waals surface area contributed by atoms with Crippen molar-refractivity contribution >= 4 is 34.0 Å². The molecular weight excluding hydrogens is 436 g/mol. The van der Waals surface area contributed by atoms with Crippen LogP contribution >= 0.6 is 11.6 Å². The molecule has 0 N–H and O–H groups in total. The standard InChI is InChI=1S/C23H29ClN2O4S/c1-15(2)25(4)11-6-12-30-21-10-8-18(29-5)14-19(21)23-26(16(3)27)20-9-7-17(24)13-22(20)31(23)28/h7-10,13-15,23H,6,11-12H2,1-5H3. The minimum atomic E-state index is -1.51. The van der Waals surface area contributed by atoms with Gasteiger partial charge in [0, 0.05) is 30.1 Å². The Morgan fingerprint density at radius 2 is 2.00 bits per heavy atom. The van der Waals surface area contributed by atoms with E-state index in [1.165, 1.54) is 6.92 Å². The van der Waals surface area contributed by atoms with Gasteiger partial charge in [0.15, 0.2) is 0 Å². The number of nitrogens with zero attached hydrogens (tertiary/aromatic N) is 2. The van der Waals surface area contributed by atoms with Crippen molar-refractivity contribution in [3.63, 3.8) is 0 Å². The van der Waals surface area contributed by atoms with Crippen molar-refractivity contribution in [3.05, 3.63) is 47.0 Å². The van der Waals surface area contributed by atoms with Gasteiger partial charge in [-0.25, -0.2) is 0 Å². The van der Waals surface area contributed by atoms with E-state index in [-0.39, 0.29) is 5.91 Å². The first-order valence-electron chi connectivity index (χ1n) is 10.3. The number of amides is 1. The van der Waals surface area contributed by atoms with Crippen molar-refractivity contribution in [2.24, 2.45) is 0 Å². The number of carbonyl (C=O) groups is 1. The zero-order valence-electron chi connectivity index (χ0n) is 18.6. The summed E-state index contributed by atoms with van der Waals surface area (Å²) in [6, 6.07) is 11.0. The number of fused-ring (bicyclic) bond motifs is 1. The Balaban J connectivity index is 1.93. The Morgan fingerprint density at radius 3 is 2.65 bits per heavy atom. The molecule has 0 aliphatic carbocycles. The maximum absolute atomic E-state index is 13.5. The van der Waals surface area contributed by atoms with Crippen LogP contribution in [0.4, 0.5) is 5.69 Å². The molecule has 0 aromatic heterocycles. The largest absolute Gasteiger partial charge is 0.497 e. The molecule has 2 unspecified atom stereocenters. The molecule has 3 rings (SSSR count). The predicted octanol–water partition coefficient (Wildman–Crippen LogP) is 4.63. The summed E-state index contributed by atoms with van der Waals surface area (Å²) in [6.45, 7) is 7.18. The average molecular weight is 465 g/mol. The third-order valence-electron chi connectivity index (χ3n) is 5.45. The van der Waals surface area contributed by atoms with Gasteiger partial charge in [0.1, 0.15) is 16.9 Å². The van der Waals surface area contributed by atoms with Crippen LogP contribution in [0.1, 0.15) is 38.1 Å². The van der Waals surface area contributed by atoms with Crippen LogP contribution < -0.4 is 14.4 Å². The summed E-state index contributed by atoms with van der Waals surface area (Å²) in [7, 11) is 2.14. The summed E-state index contributed by atoms with van der Waals surface area (Å²) >= 11 is 6.13. The van der Waals surface area contributed by atoms with E-state index in [0.29, 0.717) is 45.3 Å². The predicted molar refractivity (Wildman–Crippen MR) is 125 cm³/mol. The number of ether oxygens (including phenoxy) is 2. The lowest BCUT2D eigenvalue weighted by Gasteiger charge is -2.25. The second kappa shape index (κ2) is 10.0. The zero-order chi connectivity index (χ0) is 22.7. The van der Waals surface area contributed by atoms with Crippen molar-refractivity contribution < 1.29 is 18.5 Å². The van der Waals surface area contributed by atoms with Gasteiger partial charge >= 0.3 is 0 Å². The van der Waals surface area contributed by atoms with Crippen LogP contribution in [-0.2, 0) is 15.6 Å². The van der Waals surface area contributed by atoms with Gasteiger partial charge in [0.25, 0.3) is 0 Å². The maximum atomic E-state index is 13.5. The summed E-state index contributed by atoms with van der Waals surface area (Å²) < 4.78 is 25.0. The van der Waals surface area contributed by atoms with Crippen molar-refractivity contribution in [1.29, 1.82) is 0 Å². The van der Waals surface area contributed by atoms with Crippen molar-refractivity contribution in [2.45, 2.75) is 43.5 Å². The first-order chi connectivity index (χ1) is 14.7. The molecule has 0 saturated carbocycles. The molecule has 1 aliphatic heterocycles. The van der Waals surface area contributed by atoms with Gasteiger partial charge in [-0.1, -0.05) is 11.6 Å². The summed E-state index contributed by atoms with van der Waals surface area (Å²) in [5.41, 5.74) is 1.25. The van der Waals surface area contributed by atoms with Gasteiger partial charge in [0.2, 0.25) is 5.91 Å². The van der Waals surface area contributed by atoms with E-state index < -0.39 is 16.2 Å². The van der Waals surface area contributed by atoms with Crippen LogP contribution in [0.2, 0.25) is 5.02 Å². The van der Waals surface area contributed by atoms with Crippen LogP contribution in [-0.4, -0.2) is 48.4 Å². The Morgan fingerprint density at radius 1 is 1.26 bits per heavy atom. The van der Waals surface area contributed by atoms with E-state index >= 15 is 0 Å². The molecule has 168 valence electrons. The van der Waals surface area contributed by atoms with E-state index in [0.717, 1.165) is 13.0 Å². The number of carbonyl (C=O) groups excluding carboxylic acids is 1. The highest BCUT2D eigenvalue weighted by Gasteiger charge is 2.41. The third-order valence-corrected chi connectivity index (χ3v) is 7.32. The van der Waals surface area contributed by atoms with Gasteiger partial charge in [0.05, 0.1) is 35.1 Å². The zero-order valence-corrected chi connectivity index (χ0v) is 20.1. The molecule has 31 heavy (non-hydrogen) atoms. The molecule has 6 nitrogen and oxygen atoms in total. The molecule has 2 aromatic rings. The maximum Gasteiger partial charge on any atom is 0.225 e. The van der Waals surface area contributed by atoms with E-state index in [2.05, 4.69) is 25.8 Å². The van der Waals surface area contributed by atoms with Crippen LogP contribution in [0.5, 0.6) is 11.5 Å². The van der Waals surface area contributed by atoms with E-state index in [1.807, 2.05) is 6.07 Å². The molecule has 1 amide bonds. The minimum absolute atomic E-state index is 0.202. The summed E-state index contributed by atoms with van der Waals surface area (Å²) in [5.74, 6) is 1.000. The first kappa shape index (κ1) is 23.6. The molecule has 0 saturated heterocycles. The van der Waals surface area contributed by atoms with E-state index in [9.17, 15) is 9.00 Å². The van der Waals surface area contributed by atoms with Gasteiger partial charge in [-0.3, -0.25) is 13.9 Å². The molecule has 1 heterocycles. The van der Waals surface area contributed by atoms with Crippen LogP contribution in [0, 0.1) is 0 Å². The monoisotopic (exact) mass is 464 g/mol. The van der Waals surface area contributed by atoms with Gasteiger partial charge in [-0.05, 0) is 63.7 Å². The lowest BCUT2D eigenvalue weighted by atomic mass is 10.1. The number of hydrogen-bond acceptors (Lipinski definition) is 5. The summed E-state index contributed by atoms with van der Waals surface area (Å²) in [4.78, 5) is 16.9. The van der Waals surface area contributed by atoms with Gasteiger partial charge in [-0.2, -0.15) is 0 Å². The van der Waals surface area contributed by atoms with Crippen LogP contribution in [0.15, 0.2) is 41.3 Å². The van der Waals surface area contributed by atoms with E-state index in [1.54, 1.807) is 42.3 Å². The number of rotatable bonds is 8. The fraction of sp³-hybridized carbons (Fsp3) is 0.435. The number of anilines is 1. The highest BCUT2D eigenvalue weighted by molar-refractivity contribution is 7.86. The molecule has 0 fully saturated rings. The van der Waals surface area contributed by atoms with Gasteiger partial charge < -0.3 is 14.4 Å². The highest BCUT2D eigenvalue weighted by Crippen LogP contribution is 2.47. The lowest BCUT2D eigenvalue weighted by molar-refractivity contribution is -0.116. The topological polar surface area (TPSA) is 59.1 Å². The fourth-order valence-electron chi connectivity index (χ4n) is 3.51. The van der Waals surface area contributed by atoms with Crippen molar-refractivity contribution in [2.75, 3.05) is 32.2 Å². The number of hydrogen-bond donors (Lipinski definition) is 0. The quantitative estimate of drug-likeness (QED) is 0.533. The second-order valence-electron chi connectivity index (χ2n) is 7.83. The molecule has 2 atom stereocenters. The molecule has 0 bridgehead atoms. The first-order valence-corrected chi connectivity index (χ1v) is 11.8. The smallest absolute Gasteiger partial charge is 0.225 e. The summed E-state index contributed by atoms with van der Waals surface area (Å²) in [6.07, 6.45) is 0.847. The number of benzene rings is 2. The average Bonchev–Trinajstić information content (AvgIpc) is 3.03. The van der Waals surface area contributed by atoms with Crippen LogP contribution in [0.3, 0.4) is 0 Å². The van der Waals surface area contributed by atoms with Gasteiger partial charge in [-0.15, -0.1) is 0 Å². The normalized spacial score (nSPS) is 17.9. The van der Waals surface area contributed by atoms with E-state index in [4.69, 9.17) is 21.1 Å². The molecule has 8 heteroatoms. The Labute approximate surface area is 191 Å². The molecule has 1 aliphatic rings. The lowest BCUT2D eigenvalue weighted by Crippen LogP contribution is -2.31. The number of halogens is 1.